The van der Waals surface area contributed by atoms with Crippen LogP contribution >= 0.6 is 0 Å². The minimum Gasteiger partial charge on any atom is -0.425 e. The van der Waals surface area contributed by atoms with Crippen molar-refractivity contribution in [1.29, 1.82) is 0 Å². The van der Waals surface area contributed by atoms with Crippen LogP contribution in [0.5, 0.6) is 11.8 Å². The summed E-state index contributed by atoms with van der Waals surface area (Å²) in [6.45, 7) is 2.32. The van der Waals surface area contributed by atoms with Crippen molar-refractivity contribution in [2.24, 2.45) is 13.0 Å². The second-order valence-corrected chi connectivity index (χ2v) is 8.10. The van der Waals surface area contributed by atoms with Crippen LogP contribution in [0.3, 0.4) is 0 Å². The smallest absolute Gasteiger partial charge is 0.332 e. The van der Waals surface area contributed by atoms with E-state index in [4.69, 9.17) is 4.74 Å². The molecule has 3 aromatic rings. The van der Waals surface area contributed by atoms with E-state index in [0.717, 1.165) is 16.6 Å². The summed E-state index contributed by atoms with van der Waals surface area (Å²) in [6, 6.07) is 7.78. The maximum absolute atomic E-state index is 13.5. The van der Waals surface area contributed by atoms with Gasteiger partial charge >= 0.3 is 11.7 Å². The Balaban J connectivity index is 1.87. The highest BCUT2D eigenvalue weighted by molar-refractivity contribution is 5.72. The molecule has 1 atom stereocenters. The summed E-state index contributed by atoms with van der Waals surface area (Å²) in [7, 11) is 1.55. The normalized spacial score (nSPS) is 15.8. The van der Waals surface area contributed by atoms with E-state index >= 15 is 0 Å². The standard InChI is InChI=1S/C24H27FN4O4/c1-3-16-6-4-7-19(14-16)33-23-26-21-20(29(23)15-17-8-10-18(25)11-9-17)22(31)28(12-5-13-30)24(32)27(21)2/h4,6-8,10-11,14,17,30H,3,5,9,12-13,15H2,1-2H3. The molecular weight excluding hydrogens is 427 g/mol. The van der Waals surface area contributed by atoms with Crippen molar-refractivity contribution < 1.29 is 14.2 Å². The first-order chi connectivity index (χ1) is 15.9. The van der Waals surface area contributed by atoms with Crippen molar-refractivity contribution in [3.8, 4) is 11.8 Å². The number of aliphatic hydroxyl groups excluding tert-OH is 1. The van der Waals surface area contributed by atoms with Gasteiger partial charge in [0.1, 0.15) is 11.6 Å². The van der Waals surface area contributed by atoms with Gasteiger partial charge in [-0.05, 0) is 55.0 Å². The minimum atomic E-state index is -0.507. The van der Waals surface area contributed by atoms with Crippen molar-refractivity contribution in [3.63, 3.8) is 0 Å². The Bertz CT molecular complexity index is 1350. The Morgan fingerprint density at radius 2 is 2.09 bits per heavy atom. The van der Waals surface area contributed by atoms with Crippen LogP contribution in [0.15, 0.2) is 57.9 Å². The zero-order chi connectivity index (χ0) is 23.5. The number of ether oxygens (including phenoxy) is 1. The molecule has 0 saturated heterocycles. The number of benzene rings is 1. The van der Waals surface area contributed by atoms with Crippen molar-refractivity contribution in [1.82, 2.24) is 18.7 Å². The molecule has 174 valence electrons. The predicted molar refractivity (Wildman–Crippen MR) is 123 cm³/mol. The highest BCUT2D eigenvalue weighted by Crippen LogP contribution is 2.28. The average Bonchev–Trinajstić information content (AvgIpc) is 3.17. The molecule has 0 spiro atoms. The molecule has 1 aromatic carbocycles. The second kappa shape index (κ2) is 9.58. The van der Waals surface area contributed by atoms with Gasteiger partial charge in [-0.2, -0.15) is 4.98 Å². The third kappa shape index (κ3) is 4.54. The summed E-state index contributed by atoms with van der Waals surface area (Å²) >= 11 is 0. The molecule has 0 aliphatic heterocycles. The van der Waals surface area contributed by atoms with Crippen molar-refractivity contribution >= 4 is 11.2 Å². The quantitative estimate of drug-likeness (QED) is 0.565. The molecule has 4 rings (SSSR count). The van der Waals surface area contributed by atoms with Gasteiger partial charge in [0.05, 0.1) is 0 Å². The van der Waals surface area contributed by atoms with Crippen LogP contribution in [-0.4, -0.2) is 30.4 Å². The Labute approximate surface area is 189 Å². The lowest BCUT2D eigenvalue weighted by Crippen LogP contribution is -2.40. The summed E-state index contributed by atoms with van der Waals surface area (Å²) in [4.78, 5) is 30.7. The van der Waals surface area contributed by atoms with Crippen LogP contribution in [0.1, 0.15) is 25.3 Å². The number of aliphatic hydroxyl groups is 1. The lowest BCUT2D eigenvalue weighted by Gasteiger charge is -2.17. The molecule has 1 aliphatic rings. The monoisotopic (exact) mass is 454 g/mol. The van der Waals surface area contributed by atoms with Crippen molar-refractivity contribution in [2.75, 3.05) is 6.61 Å². The van der Waals surface area contributed by atoms with E-state index in [1.807, 2.05) is 25.1 Å². The molecule has 1 unspecified atom stereocenters. The summed E-state index contributed by atoms with van der Waals surface area (Å²) in [5.74, 6) is 0.207. The predicted octanol–water partition coefficient (Wildman–Crippen LogP) is 3.06. The molecule has 33 heavy (non-hydrogen) atoms. The summed E-state index contributed by atoms with van der Waals surface area (Å²) in [5.41, 5.74) is 0.540. The van der Waals surface area contributed by atoms with E-state index in [-0.39, 0.29) is 48.5 Å². The Kier molecular flexibility index (Phi) is 6.60. The minimum absolute atomic E-state index is 0.0752. The Morgan fingerprint density at radius 3 is 2.79 bits per heavy atom. The van der Waals surface area contributed by atoms with Gasteiger partial charge in [-0.15, -0.1) is 0 Å². The number of allylic oxidation sites excluding steroid dienone is 4. The largest absolute Gasteiger partial charge is 0.425 e. The maximum atomic E-state index is 13.5. The molecule has 0 fully saturated rings. The van der Waals surface area contributed by atoms with E-state index in [9.17, 15) is 19.1 Å². The van der Waals surface area contributed by atoms with E-state index in [2.05, 4.69) is 4.98 Å². The molecular formula is C24H27FN4O4. The first-order valence-electron chi connectivity index (χ1n) is 11.0. The molecule has 0 saturated carbocycles. The zero-order valence-electron chi connectivity index (χ0n) is 18.7. The SMILES string of the molecule is CCc1cccc(Oc2nc3c(c(=O)n(CCCO)c(=O)n3C)n2CC2C=CC(F)=CC2)c1. The van der Waals surface area contributed by atoms with Crippen LogP contribution in [-0.2, 0) is 26.6 Å². The number of aromatic nitrogens is 4. The lowest BCUT2D eigenvalue weighted by molar-refractivity contribution is 0.277. The number of fused-ring (bicyclic) bond motifs is 1. The van der Waals surface area contributed by atoms with Crippen LogP contribution < -0.4 is 16.0 Å². The Morgan fingerprint density at radius 1 is 1.27 bits per heavy atom. The van der Waals surface area contributed by atoms with Crippen LogP contribution in [0, 0.1) is 5.92 Å². The first kappa shape index (κ1) is 22.7. The molecule has 0 radical (unpaired) electrons. The fraction of sp³-hybridized carbons (Fsp3) is 0.375. The van der Waals surface area contributed by atoms with Crippen molar-refractivity contribution in [3.05, 3.63) is 74.7 Å². The number of hydrogen-bond donors (Lipinski definition) is 1. The third-order valence-corrected chi connectivity index (χ3v) is 5.81. The highest BCUT2D eigenvalue weighted by Gasteiger charge is 2.23. The van der Waals surface area contributed by atoms with Gasteiger partial charge in [0.25, 0.3) is 5.56 Å². The highest BCUT2D eigenvalue weighted by atomic mass is 19.1. The molecule has 2 heterocycles. The molecule has 0 bridgehead atoms. The fourth-order valence-corrected chi connectivity index (χ4v) is 3.97. The maximum Gasteiger partial charge on any atom is 0.332 e. The summed E-state index contributed by atoms with van der Waals surface area (Å²) in [6.07, 6.45) is 6.25. The van der Waals surface area contributed by atoms with Crippen LogP contribution in [0.4, 0.5) is 4.39 Å². The summed E-state index contributed by atoms with van der Waals surface area (Å²) in [5, 5.41) is 9.19. The number of imidazole rings is 1. The molecule has 1 aliphatic carbocycles. The van der Waals surface area contributed by atoms with Gasteiger partial charge in [-0.25, -0.2) is 9.18 Å². The van der Waals surface area contributed by atoms with Gasteiger partial charge in [0, 0.05) is 26.7 Å². The van der Waals surface area contributed by atoms with E-state index in [1.54, 1.807) is 23.8 Å². The molecule has 8 nitrogen and oxygen atoms in total. The Hall–Kier alpha value is -3.46. The number of nitrogens with zero attached hydrogens (tertiary/aromatic N) is 4. The average molecular weight is 455 g/mol. The zero-order valence-corrected chi connectivity index (χ0v) is 18.7. The molecule has 9 heteroatoms. The lowest BCUT2D eigenvalue weighted by atomic mass is 10.0. The first-order valence-corrected chi connectivity index (χ1v) is 11.0. The van der Waals surface area contributed by atoms with Gasteiger partial charge in [0.2, 0.25) is 0 Å². The third-order valence-electron chi connectivity index (χ3n) is 5.81. The fourth-order valence-electron chi connectivity index (χ4n) is 3.97. The van der Waals surface area contributed by atoms with Gasteiger partial charge in [-0.3, -0.25) is 18.5 Å². The van der Waals surface area contributed by atoms with E-state index in [1.165, 1.54) is 16.7 Å². The van der Waals surface area contributed by atoms with Gasteiger partial charge < -0.3 is 9.84 Å². The van der Waals surface area contributed by atoms with Gasteiger partial charge in [-0.1, -0.05) is 25.1 Å². The molecule has 2 aromatic heterocycles. The number of halogens is 1. The number of aryl methyl sites for hydroxylation is 2. The molecule has 0 amide bonds. The van der Waals surface area contributed by atoms with Crippen LogP contribution in [0.2, 0.25) is 0 Å². The summed E-state index contributed by atoms with van der Waals surface area (Å²) < 4.78 is 23.7. The van der Waals surface area contributed by atoms with Crippen LogP contribution in [0.25, 0.3) is 11.2 Å². The van der Waals surface area contributed by atoms with Gasteiger partial charge in [0.15, 0.2) is 11.2 Å². The molecule has 1 N–H and O–H groups in total. The van der Waals surface area contributed by atoms with E-state index in [0.29, 0.717) is 18.7 Å². The number of rotatable bonds is 8. The second-order valence-electron chi connectivity index (χ2n) is 8.10. The van der Waals surface area contributed by atoms with Crippen molar-refractivity contribution in [2.45, 2.75) is 39.3 Å². The van der Waals surface area contributed by atoms with E-state index < -0.39 is 11.2 Å². The topological polar surface area (TPSA) is 91.3 Å². The number of hydrogen-bond acceptors (Lipinski definition) is 5.